The number of carbonyl (C=O) groups is 1. The Morgan fingerprint density at radius 1 is 1.30 bits per heavy atom. The quantitative estimate of drug-likeness (QED) is 0.694. The summed E-state index contributed by atoms with van der Waals surface area (Å²) in [4.78, 5) is 26.5. The van der Waals surface area contributed by atoms with Crippen molar-refractivity contribution in [2.45, 2.75) is 44.6 Å². The third-order valence-electron chi connectivity index (χ3n) is 4.73. The lowest BCUT2D eigenvalue weighted by atomic mass is 9.93. The number of amides is 1. The molecule has 2 aliphatic rings. The first-order valence-corrected chi connectivity index (χ1v) is 8.57. The van der Waals surface area contributed by atoms with Gasteiger partial charge in [0.1, 0.15) is 11.3 Å². The molecule has 0 aromatic carbocycles. The third kappa shape index (κ3) is 3.13. The van der Waals surface area contributed by atoms with Crippen LogP contribution >= 0.6 is 0 Å². The molecule has 0 spiro atoms. The lowest BCUT2D eigenvalue weighted by molar-refractivity contribution is -0.856. The number of rotatable bonds is 5. The molecule has 0 bridgehead atoms. The van der Waals surface area contributed by atoms with Crippen LogP contribution in [0.25, 0.3) is 0 Å². The number of likely N-dealkylation sites (N-methyl/N-ethyl adjacent to an activating group) is 1. The summed E-state index contributed by atoms with van der Waals surface area (Å²) in [5.41, 5.74) is 1.38. The Morgan fingerprint density at radius 3 is 2.65 bits per heavy atom. The molecule has 0 saturated heterocycles. The maximum Gasteiger partial charge on any atom is 0.267 e. The van der Waals surface area contributed by atoms with E-state index in [-0.39, 0.29) is 22.9 Å². The normalized spacial score (nSPS) is 17.2. The summed E-state index contributed by atoms with van der Waals surface area (Å²) in [7, 11) is 4.01. The van der Waals surface area contributed by atoms with E-state index in [1.54, 1.807) is 4.57 Å². The van der Waals surface area contributed by atoms with Gasteiger partial charge in [0.15, 0.2) is 0 Å². The van der Waals surface area contributed by atoms with E-state index in [0.717, 1.165) is 56.3 Å². The number of hydrogen-bond acceptors (Lipinski definition) is 3. The molecule has 23 heavy (non-hydrogen) atoms. The molecule has 3 rings (SSSR count). The highest BCUT2D eigenvalue weighted by molar-refractivity contribution is 5.97. The Labute approximate surface area is 136 Å². The SMILES string of the molecule is C[NH+](C)CCNC(=O)c1c(O)c2c(n(C3CC3)c1=O)CCCC2. The number of nitrogens with zero attached hydrogens (tertiary/aromatic N) is 1. The number of quaternary nitrogens is 1. The van der Waals surface area contributed by atoms with Gasteiger partial charge in [-0.3, -0.25) is 9.59 Å². The van der Waals surface area contributed by atoms with Crippen molar-refractivity contribution in [1.29, 1.82) is 0 Å². The fourth-order valence-corrected chi connectivity index (χ4v) is 3.34. The number of carbonyl (C=O) groups excluding carboxylic acids is 1. The van der Waals surface area contributed by atoms with Gasteiger partial charge in [-0.2, -0.15) is 0 Å². The van der Waals surface area contributed by atoms with E-state index in [0.29, 0.717) is 6.54 Å². The molecule has 0 aliphatic heterocycles. The van der Waals surface area contributed by atoms with Crippen LogP contribution in [0.2, 0.25) is 0 Å². The zero-order chi connectivity index (χ0) is 16.6. The van der Waals surface area contributed by atoms with Crippen LogP contribution in [-0.4, -0.2) is 42.8 Å². The van der Waals surface area contributed by atoms with Crippen molar-refractivity contribution in [3.8, 4) is 5.75 Å². The smallest absolute Gasteiger partial charge is 0.267 e. The van der Waals surface area contributed by atoms with Crippen LogP contribution in [0.1, 0.15) is 53.3 Å². The largest absolute Gasteiger partial charge is 0.507 e. The molecule has 0 unspecified atom stereocenters. The summed E-state index contributed by atoms with van der Waals surface area (Å²) in [6.45, 7) is 1.26. The van der Waals surface area contributed by atoms with Gasteiger partial charge in [-0.05, 0) is 38.5 Å². The van der Waals surface area contributed by atoms with E-state index in [4.69, 9.17) is 0 Å². The van der Waals surface area contributed by atoms with Crippen LogP contribution in [0.5, 0.6) is 5.75 Å². The van der Waals surface area contributed by atoms with Gasteiger partial charge >= 0.3 is 0 Å². The van der Waals surface area contributed by atoms with Crippen molar-refractivity contribution in [2.24, 2.45) is 0 Å². The summed E-state index contributed by atoms with van der Waals surface area (Å²) in [6, 6.07) is 0.215. The third-order valence-corrected chi connectivity index (χ3v) is 4.73. The minimum absolute atomic E-state index is 0.0636. The molecule has 1 aromatic heterocycles. The summed E-state index contributed by atoms with van der Waals surface area (Å²) >= 11 is 0. The fraction of sp³-hybridized carbons (Fsp3) is 0.647. The Hall–Kier alpha value is -1.82. The Balaban J connectivity index is 1.98. The summed E-state index contributed by atoms with van der Waals surface area (Å²) in [6.07, 6.45) is 5.57. The van der Waals surface area contributed by atoms with E-state index >= 15 is 0 Å². The molecular formula is C17H26N3O3+. The van der Waals surface area contributed by atoms with Crippen LogP contribution in [0.3, 0.4) is 0 Å². The minimum atomic E-state index is -0.448. The van der Waals surface area contributed by atoms with E-state index in [2.05, 4.69) is 5.32 Å². The number of hydrogen-bond donors (Lipinski definition) is 3. The lowest BCUT2D eigenvalue weighted by Crippen LogP contribution is -3.06. The Kier molecular flexibility index (Phi) is 4.43. The summed E-state index contributed by atoms with van der Waals surface area (Å²) in [5.74, 6) is -0.534. The van der Waals surface area contributed by atoms with Gasteiger partial charge in [-0.25, -0.2) is 0 Å². The van der Waals surface area contributed by atoms with Gasteiger partial charge in [-0.15, -0.1) is 0 Å². The van der Waals surface area contributed by atoms with Crippen molar-refractivity contribution in [2.75, 3.05) is 27.2 Å². The monoisotopic (exact) mass is 320 g/mol. The topological polar surface area (TPSA) is 75.8 Å². The number of fused-ring (bicyclic) bond motifs is 1. The second-order valence-electron chi connectivity index (χ2n) is 6.98. The zero-order valence-electron chi connectivity index (χ0n) is 13.9. The highest BCUT2D eigenvalue weighted by Crippen LogP contribution is 2.39. The second-order valence-corrected chi connectivity index (χ2v) is 6.98. The predicted molar refractivity (Wildman–Crippen MR) is 87.3 cm³/mol. The number of nitrogens with one attached hydrogen (secondary N) is 2. The van der Waals surface area contributed by atoms with Crippen LogP contribution in [0.15, 0.2) is 4.79 Å². The predicted octanol–water partition coefficient (Wildman–Crippen LogP) is -0.358. The molecule has 1 aromatic rings. The summed E-state index contributed by atoms with van der Waals surface area (Å²) < 4.78 is 1.79. The van der Waals surface area contributed by atoms with Gasteiger partial charge in [0.25, 0.3) is 11.5 Å². The maximum atomic E-state index is 12.8. The fourth-order valence-electron chi connectivity index (χ4n) is 3.34. The molecule has 0 radical (unpaired) electrons. The van der Waals surface area contributed by atoms with Gasteiger partial charge < -0.3 is 19.9 Å². The molecule has 1 heterocycles. The first-order chi connectivity index (χ1) is 11.0. The molecule has 1 amide bonds. The average molecular weight is 320 g/mol. The first kappa shape index (κ1) is 16.1. The van der Waals surface area contributed by atoms with Crippen LogP contribution in [-0.2, 0) is 12.8 Å². The first-order valence-electron chi connectivity index (χ1n) is 8.57. The van der Waals surface area contributed by atoms with Crippen molar-refractivity contribution in [3.05, 3.63) is 27.2 Å². The number of pyridine rings is 1. The molecule has 1 saturated carbocycles. The maximum absolute atomic E-state index is 12.8. The van der Waals surface area contributed by atoms with Crippen LogP contribution in [0.4, 0.5) is 0 Å². The molecule has 6 nitrogen and oxygen atoms in total. The van der Waals surface area contributed by atoms with Crippen LogP contribution < -0.4 is 15.8 Å². The van der Waals surface area contributed by atoms with Gasteiger partial charge in [0.2, 0.25) is 0 Å². The van der Waals surface area contributed by atoms with Gasteiger partial charge in [-0.1, -0.05) is 0 Å². The molecule has 3 N–H and O–H groups in total. The van der Waals surface area contributed by atoms with Crippen molar-refractivity contribution >= 4 is 5.91 Å². The number of aromatic hydroxyl groups is 1. The highest BCUT2D eigenvalue weighted by Gasteiger charge is 2.33. The molecule has 0 atom stereocenters. The molecular weight excluding hydrogens is 294 g/mol. The second kappa shape index (κ2) is 6.35. The van der Waals surface area contributed by atoms with Crippen molar-refractivity contribution < 1.29 is 14.8 Å². The highest BCUT2D eigenvalue weighted by atomic mass is 16.3. The van der Waals surface area contributed by atoms with E-state index in [1.165, 1.54) is 4.90 Å². The zero-order valence-corrected chi connectivity index (χ0v) is 13.9. The summed E-state index contributed by atoms with van der Waals surface area (Å²) in [5, 5.41) is 13.3. The molecule has 6 heteroatoms. The Morgan fingerprint density at radius 2 is 2.00 bits per heavy atom. The minimum Gasteiger partial charge on any atom is -0.507 e. The standard InChI is InChI=1S/C17H25N3O3/c1-19(2)10-9-18-16(22)14-15(21)12-5-3-4-6-13(12)20(17(14)23)11-7-8-11/h11,21H,3-10H2,1-2H3,(H,18,22)/p+1. The number of aromatic nitrogens is 1. The lowest BCUT2D eigenvalue weighted by Gasteiger charge is -2.23. The van der Waals surface area contributed by atoms with E-state index in [9.17, 15) is 14.7 Å². The van der Waals surface area contributed by atoms with E-state index in [1.807, 2.05) is 14.1 Å². The molecule has 126 valence electrons. The van der Waals surface area contributed by atoms with Crippen LogP contribution in [0, 0.1) is 0 Å². The molecule has 2 aliphatic carbocycles. The average Bonchev–Trinajstić information content (AvgIpc) is 3.32. The molecule has 1 fully saturated rings. The van der Waals surface area contributed by atoms with Gasteiger partial charge in [0, 0.05) is 17.3 Å². The van der Waals surface area contributed by atoms with Crippen molar-refractivity contribution in [1.82, 2.24) is 9.88 Å². The van der Waals surface area contributed by atoms with E-state index < -0.39 is 5.91 Å². The van der Waals surface area contributed by atoms with Gasteiger partial charge in [0.05, 0.1) is 27.2 Å². The Bertz CT molecular complexity index is 675. The van der Waals surface area contributed by atoms with Crippen molar-refractivity contribution in [3.63, 3.8) is 0 Å².